The highest BCUT2D eigenvalue weighted by Gasteiger charge is 2.32. The van der Waals surface area contributed by atoms with Crippen molar-refractivity contribution in [3.63, 3.8) is 0 Å². The Morgan fingerprint density at radius 3 is 2.28 bits per heavy atom. The third-order valence-electron chi connectivity index (χ3n) is 6.07. The number of aliphatic hydroxyl groups excluding tert-OH is 1. The Labute approximate surface area is 169 Å². The minimum absolute atomic E-state index is 0.0195. The summed E-state index contributed by atoms with van der Waals surface area (Å²) < 4.78 is 47.9. The fraction of sp³-hybridized carbons (Fsp3) is 0.417. The lowest BCUT2D eigenvalue weighted by molar-refractivity contribution is 0.194. The lowest BCUT2D eigenvalue weighted by Crippen LogP contribution is -2.14. The maximum Gasteiger partial charge on any atom is 0.165 e. The summed E-state index contributed by atoms with van der Waals surface area (Å²) >= 11 is 0. The van der Waals surface area contributed by atoms with Gasteiger partial charge in [0.1, 0.15) is 11.9 Å². The molecule has 1 N–H and O–H groups in total. The molecule has 2 aromatic carbocycles. The van der Waals surface area contributed by atoms with E-state index >= 15 is 0 Å². The number of aliphatic hydroxyl groups is 1. The molecule has 1 heterocycles. The van der Waals surface area contributed by atoms with E-state index in [0.29, 0.717) is 23.7 Å². The zero-order valence-corrected chi connectivity index (χ0v) is 16.4. The van der Waals surface area contributed by atoms with Crippen LogP contribution in [0.4, 0.5) is 13.2 Å². The molecular formula is C24H25F3O2. The van der Waals surface area contributed by atoms with Crippen molar-refractivity contribution in [3.8, 4) is 0 Å². The van der Waals surface area contributed by atoms with Gasteiger partial charge in [-0.1, -0.05) is 36.4 Å². The molecule has 4 rings (SSSR count). The number of ether oxygens (including phenoxy) is 1. The third kappa shape index (κ3) is 4.41. The van der Waals surface area contributed by atoms with Gasteiger partial charge in [0.25, 0.3) is 0 Å². The van der Waals surface area contributed by atoms with Crippen molar-refractivity contribution in [3.05, 3.63) is 76.1 Å². The summed E-state index contributed by atoms with van der Waals surface area (Å²) in [4.78, 5) is 0. The highest BCUT2D eigenvalue weighted by Crippen LogP contribution is 2.40. The number of allylic oxidation sites excluding steroid dienone is 1. The highest BCUT2D eigenvalue weighted by atomic mass is 19.2. The number of rotatable bonds is 5. The highest BCUT2D eigenvalue weighted by molar-refractivity contribution is 5.50. The number of halogens is 3. The molecule has 5 heteroatoms. The first-order valence-corrected chi connectivity index (χ1v) is 10.2. The van der Waals surface area contributed by atoms with E-state index in [-0.39, 0.29) is 17.6 Å². The summed E-state index contributed by atoms with van der Waals surface area (Å²) in [5.41, 5.74) is 1.82. The summed E-state index contributed by atoms with van der Waals surface area (Å²) in [5.74, 6) is -1.56. The van der Waals surface area contributed by atoms with Gasteiger partial charge in [0, 0.05) is 11.1 Å². The second kappa shape index (κ2) is 8.33. The quantitative estimate of drug-likeness (QED) is 0.603. The van der Waals surface area contributed by atoms with Crippen LogP contribution in [-0.2, 0) is 4.74 Å². The fourth-order valence-electron chi connectivity index (χ4n) is 4.23. The lowest BCUT2D eigenvalue weighted by atomic mass is 9.78. The third-order valence-corrected chi connectivity index (χ3v) is 6.07. The summed E-state index contributed by atoms with van der Waals surface area (Å²) in [5, 5.41) is 9.52. The van der Waals surface area contributed by atoms with Crippen molar-refractivity contribution in [2.75, 3.05) is 6.61 Å². The van der Waals surface area contributed by atoms with E-state index in [1.165, 1.54) is 13.0 Å². The molecule has 1 aliphatic heterocycles. The number of hydrogen-bond acceptors (Lipinski definition) is 2. The lowest BCUT2D eigenvalue weighted by Gasteiger charge is -2.27. The van der Waals surface area contributed by atoms with Crippen LogP contribution in [0.15, 0.2) is 36.4 Å². The van der Waals surface area contributed by atoms with Crippen LogP contribution in [-0.4, -0.2) is 11.7 Å². The molecule has 2 nitrogen and oxygen atoms in total. The smallest absolute Gasteiger partial charge is 0.165 e. The molecule has 1 saturated carbocycles. The summed E-state index contributed by atoms with van der Waals surface area (Å²) in [6.07, 6.45) is 6.17. The molecular weight excluding hydrogens is 377 g/mol. The van der Waals surface area contributed by atoms with Gasteiger partial charge in [0.2, 0.25) is 0 Å². The Morgan fingerprint density at radius 1 is 1.00 bits per heavy atom. The first-order valence-electron chi connectivity index (χ1n) is 10.2. The average molecular weight is 402 g/mol. The Kier molecular flexibility index (Phi) is 5.79. The van der Waals surface area contributed by atoms with Crippen molar-refractivity contribution in [2.24, 2.45) is 5.92 Å². The topological polar surface area (TPSA) is 32.8 Å². The molecule has 0 radical (unpaired) electrons. The van der Waals surface area contributed by atoms with Crippen LogP contribution in [0.1, 0.15) is 73.0 Å². The predicted octanol–water partition coefficient (Wildman–Crippen LogP) is 6.22. The molecule has 0 spiro atoms. The van der Waals surface area contributed by atoms with Crippen LogP contribution in [0.3, 0.4) is 0 Å². The van der Waals surface area contributed by atoms with E-state index in [4.69, 9.17) is 4.74 Å². The van der Waals surface area contributed by atoms with Crippen LogP contribution < -0.4 is 0 Å². The van der Waals surface area contributed by atoms with E-state index in [0.717, 1.165) is 31.2 Å². The average Bonchev–Trinajstić information content (AvgIpc) is 3.54. The van der Waals surface area contributed by atoms with Crippen molar-refractivity contribution in [1.82, 2.24) is 0 Å². The molecule has 1 aliphatic carbocycles. The molecule has 2 aromatic rings. The monoisotopic (exact) mass is 402 g/mol. The molecule has 0 aromatic heterocycles. The molecule has 154 valence electrons. The minimum atomic E-state index is -0.834. The van der Waals surface area contributed by atoms with E-state index in [1.54, 1.807) is 24.3 Å². The van der Waals surface area contributed by atoms with Gasteiger partial charge in [-0.3, -0.25) is 0 Å². The van der Waals surface area contributed by atoms with Gasteiger partial charge in [0.05, 0.1) is 12.7 Å². The second-order valence-corrected chi connectivity index (χ2v) is 8.12. The van der Waals surface area contributed by atoms with E-state index in [9.17, 15) is 18.3 Å². The van der Waals surface area contributed by atoms with Gasteiger partial charge in [-0.15, -0.1) is 0 Å². The van der Waals surface area contributed by atoms with Crippen LogP contribution in [0.25, 0.3) is 6.08 Å². The predicted molar refractivity (Wildman–Crippen MR) is 106 cm³/mol. The minimum Gasteiger partial charge on any atom is -0.389 e. The first kappa shape index (κ1) is 20.2. The molecule has 2 aliphatic rings. The molecule has 29 heavy (non-hydrogen) atoms. The summed E-state index contributed by atoms with van der Waals surface area (Å²) in [6, 6.07) is 8.18. The summed E-state index contributed by atoms with van der Waals surface area (Å²) in [7, 11) is 0. The largest absolute Gasteiger partial charge is 0.389 e. The molecule has 1 saturated heterocycles. The Morgan fingerprint density at radius 2 is 1.66 bits per heavy atom. The summed E-state index contributed by atoms with van der Waals surface area (Å²) in [6.45, 7) is 1.99. The maximum atomic E-state index is 14.5. The Hall–Kier alpha value is -2.11. The van der Waals surface area contributed by atoms with Crippen molar-refractivity contribution in [1.29, 1.82) is 0 Å². The normalized spacial score (nSPS) is 25.3. The Bertz CT molecular complexity index is 911. The number of benzene rings is 2. The Balaban J connectivity index is 1.38. The zero-order chi connectivity index (χ0) is 20.5. The van der Waals surface area contributed by atoms with E-state index in [2.05, 4.69) is 6.08 Å². The molecule has 0 amide bonds. The number of epoxide rings is 1. The van der Waals surface area contributed by atoms with Crippen molar-refractivity contribution >= 4 is 6.08 Å². The maximum absolute atomic E-state index is 14.5. The van der Waals surface area contributed by atoms with Gasteiger partial charge in [0.15, 0.2) is 11.6 Å². The molecule has 2 fully saturated rings. The van der Waals surface area contributed by atoms with E-state index in [1.807, 2.05) is 6.08 Å². The molecule has 0 bridgehead atoms. The molecule has 2 unspecified atom stereocenters. The van der Waals surface area contributed by atoms with Gasteiger partial charge in [-0.25, -0.2) is 13.2 Å². The van der Waals surface area contributed by atoms with Crippen molar-refractivity contribution < 1.29 is 23.0 Å². The van der Waals surface area contributed by atoms with E-state index < -0.39 is 23.6 Å². The standard InChI is InChI=1S/C24H25F3O2/c1-14(28)18-9-6-16(12-21(18)25)3-2-15-4-7-17(8-5-15)19-10-11-20(22-13-29-22)24(27)23(19)26/h2-3,6,9-12,14-15,17,22,28H,4-5,7-8,13H2,1H3/b3-2+. The SMILES string of the molecule is CC(O)c1ccc(/C=C/C2CCC(c3ccc(C4CO4)c(F)c3F)CC2)cc1F. The first-order chi connectivity index (χ1) is 13.9. The van der Waals surface area contributed by atoms with Crippen LogP contribution >= 0.6 is 0 Å². The number of hydrogen-bond donors (Lipinski definition) is 1. The van der Waals surface area contributed by atoms with Gasteiger partial charge in [-0.2, -0.15) is 0 Å². The van der Waals surface area contributed by atoms with Crippen molar-refractivity contribution in [2.45, 2.75) is 50.7 Å². The fourth-order valence-corrected chi connectivity index (χ4v) is 4.23. The van der Waals surface area contributed by atoms with Crippen LogP contribution in [0.2, 0.25) is 0 Å². The molecule has 2 atom stereocenters. The second-order valence-electron chi connectivity index (χ2n) is 8.12. The van der Waals surface area contributed by atoms with Gasteiger partial charge >= 0.3 is 0 Å². The van der Waals surface area contributed by atoms with Crippen LogP contribution in [0, 0.1) is 23.4 Å². The van der Waals surface area contributed by atoms with Gasteiger partial charge in [-0.05, 0) is 61.6 Å². The van der Waals surface area contributed by atoms with Crippen LogP contribution in [0.5, 0.6) is 0 Å². The van der Waals surface area contributed by atoms with Gasteiger partial charge < -0.3 is 9.84 Å². The zero-order valence-electron chi connectivity index (χ0n) is 16.4.